The molecule has 3 aromatic carbocycles. The molecule has 1 fully saturated rings. The maximum Gasteiger partial charge on any atom is 0.338 e. The summed E-state index contributed by atoms with van der Waals surface area (Å²) in [6, 6.07) is 18.3. The van der Waals surface area contributed by atoms with Gasteiger partial charge in [-0.05, 0) is 67.6 Å². The van der Waals surface area contributed by atoms with Crippen LogP contribution in [0.15, 0.2) is 72.3 Å². The third-order valence-corrected chi connectivity index (χ3v) is 6.83. The molecule has 3 aromatic rings. The zero-order chi connectivity index (χ0) is 29.4. The van der Waals surface area contributed by atoms with Gasteiger partial charge in [0.25, 0.3) is 11.7 Å². The fourth-order valence-electron chi connectivity index (χ4n) is 4.82. The van der Waals surface area contributed by atoms with Crippen LogP contribution in [0.3, 0.4) is 0 Å². The molecule has 0 radical (unpaired) electrons. The lowest BCUT2D eigenvalue weighted by atomic mass is 9.85. The number of aryl methyl sites for hydroxylation is 1. The first-order chi connectivity index (χ1) is 18.8. The quantitative estimate of drug-likeness (QED) is 0.166. The van der Waals surface area contributed by atoms with E-state index < -0.39 is 23.7 Å². The van der Waals surface area contributed by atoms with E-state index in [4.69, 9.17) is 9.47 Å². The zero-order valence-electron chi connectivity index (χ0n) is 23.9. The monoisotopic (exact) mass is 541 g/mol. The molecule has 1 aliphatic heterocycles. The zero-order valence-corrected chi connectivity index (χ0v) is 23.9. The van der Waals surface area contributed by atoms with E-state index in [9.17, 15) is 19.5 Å². The number of nitrogens with zero attached hydrogens (tertiary/aromatic N) is 1. The number of hydrogen-bond donors (Lipinski definition) is 1. The maximum absolute atomic E-state index is 13.7. The van der Waals surface area contributed by atoms with Crippen molar-refractivity contribution in [2.24, 2.45) is 0 Å². The molecule has 1 atom stereocenters. The van der Waals surface area contributed by atoms with Crippen molar-refractivity contribution in [1.29, 1.82) is 0 Å². The van der Waals surface area contributed by atoms with Gasteiger partial charge in [0, 0.05) is 5.69 Å². The van der Waals surface area contributed by atoms with E-state index in [1.54, 1.807) is 44.2 Å². The second-order valence-corrected chi connectivity index (χ2v) is 11.3. The predicted octanol–water partition coefficient (Wildman–Crippen LogP) is 6.49. The molecule has 1 saturated heterocycles. The van der Waals surface area contributed by atoms with E-state index in [-0.39, 0.29) is 28.4 Å². The Morgan fingerprint density at radius 2 is 1.68 bits per heavy atom. The molecule has 1 amide bonds. The molecule has 4 rings (SSSR count). The second-order valence-electron chi connectivity index (χ2n) is 11.3. The highest BCUT2D eigenvalue weighted by atomic mass is 16.5. The predicted molar refractivity (Wildman–Crippen MR) is 155 cm³/mol. The molecule has 0 aliphatic carbocycles. The summed E-state index contributed by atoms with van der Waals surface area (Å²) in [5, 5.41) is 11.7. The van der Waals surface area contributed by atoms with E-state index in [0.29, 0.717) is 22.6 Å². The molecule has 7 heteroatoms. The number of ketones is 1. The number of ether oxygens (including phenoxy) is 2. The smallest absolute Gasteiger partial charge is 0.338 e. The minimum atomic E-state index is -0.945. The fourth-order valence-corrected chi connectivity index (χ4v) is 4.82. The van der Waals surface area contributed by atoms with Gasteiger partial charge in [0.15, 0.2) is 0 Å². The normalized spacial score (nSPS) is 16.9. The van der Waals surface area contributed by atoms with E-state index in [1.165, 1.54) is 18.1 Å². The molecule has 0 saturated carbocycles. The minimum Gasteiger partial charge on any atom is -0.507 e. The van der Waals surface area contributed by atoms with Crippen molar-refractivity contribution in [2.75, 3.05) is 12.0 Å². The van der Waals surface area contributed by atoms with Crippen LogP contribution in [0.5, 0.6) is 5.75 Å². The van der Waals surface area contributed by atoms with Gasteiger partial charge in [-0.2, -0.15) is 0 Å². The Morgan fingerprint density at radius 3 is 2.30 bits per heavy atom. The fraction of sp³-hybridized carbons (Fsp3) is 0.303. The molecule has 208 valence electrons. The lowest BCUT2D eigenvalue weighted by Gasteiger charge is -2.26. The van der Waals surface area contributed by atoms with Crippen molar-refractivity contribution >= 4 is 29.1 Å². The van der Waals surface area contributed by atoms with Crippen molar-refractivity contribution in [3.8, 4) is 5.75 Å². The first kappa shape index (κ1) is 28.6. The summed E-state index contributed by atoms with van der Waals surface area (Å²) in [6.07, 6.45) is -0.323. The third-order valence-electron chi connectivity index (χ3n) is 6.83. The second kappa shape index (κ2) is 11.0. The molecular formula is C33H35NO6. The van der Waals surface area contributed by atoms with E-state index in [1.807, 2.05) is 58.0 Å². The van der Waals surface area contributed by atoms with Crippen LogP contribution < -0.4 is 9.64 Å². The van der Waals surface area contributed by atoms with Gasteiger partial charge in [0.1, 0.15) is 11.5 Å². The lowest BCUT2D eigenvalue weighted by molar-refractivity contribution is -0.132. The van der Waals surface area contributed by atoms with Crippen molar-refractivity contribution in [3.05, 3.63) is 100 Å². The minimum absolute atomic E-state index is 0.0601. The molecule has 1 aliphatic rings. The summed E-state index contributed by atoms with van der Waals surface area (Å²) in [5.74, 6) is -2.14. The van der Waals surface area contributed by atoms with Gasteiger partial charge in [-0.1, -0.05) is 62.7 Å². The molecule has 0 spiro atoms. The van der Waals surface area contributed by atoms with Gasteiger partial charge in [-0.25, -0.2) is 4.79 Å². The first-order valence-electron chi connectivity index (χ1n) is 13.2. The maximum atomic E-state index is 13.7. The molecule has 0 aromatic heterocycles. The Balaban J connectivity index is 1.96. The van der Waals surface area contributed by atoms with Gasteiger partial charge in [-0.15, -0.1) is 0 Å². The van der Waals surface area contributed by atoms with Crippen LogP contribution in [0.1, 0.15) is 73.3 Å². The highest BCUT2D eigenvalue weighted by Crippen LogP contribution is 2.44. The number of rotatable bonds is 6. The third kappa shape index (κ3) is 5.50. The van der Waals surface area contributed by atoms with Crippen LogP contribution in [0.25, 0.3) is 5.76 Å². The molecular weight excluding hydrogens is 506 g/mol. The Morgan fingerprint density at radius 1 is 0.975 bits per heavy atom. The summed E-state index contributed by atoms with van der Waals surface area (Å²) < 4.78 is 10.9. The highest BCUT2D eigenvalue weighted by Gasteiger charge is 2.47. The van der Waals surface area contributed by atoms with Crippen LogP contribution in [0.2, 0.25) is 0 Å². The van der Waals surface area contributed by atoms with Gasteiger partial charge < -0.3 is 14.6 Å². The molecule has 40 heavy (non-hydrogen) atoms. The number of benzene rings is 3. The number of hydrogen-bond acceptors (Lipinski definition) is 6. The van der Waals surface area contributed by atoms with Crippen LogP contribution in [-0.4, -0.2) is 36.0 Å². The average molecular weight is 542 g/mol. The Kier molecular flexibility index (Phi) is 7.87. The Hall–Kier alpha value is -4.39. The summed E-state index contributed by atoms with van der Waals surface area (Å²) in [4.78, 5) is 41.3. The molecule has 1 N–H and O–H groups in total. The van der Waals surface area contributed by atoms with Gasteiger partial charge in [0.2, 0.25) is 0 Å². The number of carbonyl (C=O) groups excluding carboxylic acids is 3. The van der Waals surface area contributed by atoms with Gasteiger partial charge in [0.05, 0.1) is 36.0 Å². The summed E-state index contributed by atoms with van der Waals surface area (Å²) in [5.41, 5.74) is 3.08. The number of carbonyl (C=O) groups is 3. The SMILES string of the molecule is COc1ccc(C(C)(C)C)cc1/C(O)=C1\C(=O)C(=O)N(c2cccc(C(=O)OC(C)C)c2)C1c1cccc(C)c1. The summed E-state index contributed by atoms with van der Waals surface area (Å²) in [7, 11) is 1.49. The number of amides is 1. The molecule has 0 bridgehead atoms. The van der Waals surface area contributed by atoms with Gasteiger partial charge in [-0.3, -0.25) is 14.5 Å². The van der Waals surface area contributed by atoms with E-state index in [2.05, 4.69) is 0 Å². The lowest BCUT2D eigenvalue weighted by Crippen LogP contribution is -2.29. The number of Topliss-reactive ketones (excluding diaryl/α,β-unsaturated/α-hetero) is 1. The Bertz CT molecular complexity index is 1510. The molecule has 1 heterocycles. The van der Waals surface area contributed by atoms with Gasteiger partial charge >= 0.3 is 5.97 Å². The van der Waals surface area contributed by atoms with E-state index in [0.717, 1.165) is 11.1 Å². The average Bonchev–Trinajstić information content (AvgIpc) is 3.17. The van der Waals surface area contributed by atoms with Crippen LogP contribution in [-0.2, 0) is 19.7 Å². The highest BCUT2D eigenvalue weighted by molar-refractivity contribution is 6.51. The number of esters is 1. The summed E-state index contributed by atoms with van der Waals surface area (Å²) >= 11 is 0. The topological polar surface area (TPSA) is 93.1 Å². The van der Waals surface area contributed by atoms with Crippen molar-refractivity contribution in [1.82, 2.24) is 0 Å². The summed E-state index contributed by atoms with van der Waals surface area (Å²) in [6.45, 7) is 11.5. The van der Waals surface area contributed by atoms with Crippen molar-refractivity contribution < 1.29 is 29.0 Å². The Labute approximate surface area is 235 Å². The molecule has 7 nitrogen and oxygen atoms in total. The van der Waals surface area contributed by atoms with Crippen LogP contribution in [0.4, 0.5) is 5.69 Å². The van der Waals surface area contributed by atoms with E-state index >= 15 is 0 Å². The number of aliphatic hydroxyl groups is 1. The van der Waals surface area contributed by atoms with Crippen LogP contribution in [0, 0.1) is 6.92 Å². The number of methoxy groups -OCH3 is 1. The largest absolute Gasteiger partial charge is 0.507 e. The van der Waals surface area contributed by atoms with Crippen molar-refractivity contribution in [3.63, 3.8) is 0 Å². The standard InChI is InChI=1S/C33H35NO6/c1-19(2)40-32(38)22-12-9-13-24(17-22)34-28(21-11-8-10-20(3)16-21)27(30(36)31(34)37)29(35)25-18-23(33(4,5)6)14-15-26(25)39-7/h8-19,28,35H,1-7H3/b29-27+. The van der Waals surface area contributed by atoms with Crippen LogP contribution >= 0.6 is 0 Å². The molecule has 1 unspecified atom stereocenters. The first-order valence-corrected chi connectivity index (χ1v) is 13.2. The number of aliphatic hydroxyl groups excluding tert-OH is 1. The number of anilines is 1. The van der Waals surface area contributed by atoms with Crippen molar-refractivity contribution in [2.45, 2.75) is 59.1 Å².